The predicted octanol–water partition coefficient (Wildman–Crippen LogP) is 4.74. The summed E-state index contributed by atoms with van der Waals surface area (Å²) < 4.78 is 19.5. The van der Waals surface area contributed by atoms with E-state index in [2.05, 4.69) is 33.0 Å². The van der Waals surface area contributed by atoms with E-state index >= 15 is 0 Å². The van der Waals surface area contributed by atoms with E-state index in [0.717, 1.165) is 66.5 Å². The van der Waals surface area contributed by atoms with Gasteiger partial charge in [-0.15, -0.1) is 0 Å². The van der Waals surface area contributed by atoms with Gasteiger partial charge in [0.15, 0.2) is 11.5 Å². The highest BCUT2D eigenvalue weighted by Crippen LogP contribution is 2.32. The number of nitrogens with one attached hydrogen (secondary N) is 1. The predicted molar refractivity (Wildman–Crippen MR) is 146 cm³/mol. The summed E-state index contributed by atoms with van der Waals surface area (Å²) in [7, 11) is 0. The molecule has 1 fully saturated rings. The fourth-order valence-corrected chi connectivity index (χ4v) is 5.21. The van der Waals surface area contributed by atoms with Crippen LogP contribution in [0.2, 0.25) is 0 Å². The number of anilines is 1. The number of para-hydroxylation sites is 3. The molecule has 196 valence electrons. The molecule has 1 aromatic heterocycles. The molecule has 0 unspecified atom stereocenters. The van der Waals surface area contributed by atoms with Crippen LogP contribution in [-0.2, 0) is 17.9 Å². The zero-order valence-corrected chi connectivity index (χ0v) is 21.3. The maximum absolute atomic E-state index is 12.7. The maximum atomic E-state index is 12.7. The van der Waals surface area contributed by atoms with E-state index in [1.165, 1.54) is 0 Å². The van der Waals surface area contributed by atoms with Gasteiger partial charge in [-0.05, 0) is 68.2 Å². The van der Waals surface area contributed by atoms with Gasteiger partial charge < -0.3 is 24.1 Å². The van der Waals surface area contributed by atoms with E-state index in [0.29, 0.717) is 38.0 Å². The zero-order chi connectivity index (χ0) is 25.7. The third-order valence-electron chi connectivity index (χ3n) is 7.19. The molecule has 0 atom stereocenters. The van der Waals surface area contributed by atoms with Crippen LogP contribution >= 0.6 is 0 Å². The summed E-state index contributed by atoms with van der Waals surface area (Å²) in [6.07, 6.45) is 2.06. The Morgan fingerprint density at radius 3 is 2.55 bits per heavy atom. The fraction of sp³-hybridized carbons (Fsp3) is 0.333. The molecule has 3 heterocycles. The molecule has 0 radical (unpaired) electrons. The molecule has 0 saturated carbocycles. The molecule has 0 aliphatic carbocycles. The van der Waals surface area contributed by atoms with E-state index in [1.807, 2.05) is 54.6 Å². The molecule has 3 aromatic carbocycles. The quantitative estimate of drug-likeness (QED) is 0.368. The SMILES string of the molecule is O=C(CN1CCC(Cn2c(COc3ccccc3)nc3ccccc32)CC1)Nc1ccc2c(c1)OCCO2. The van der Waals surface area contributed by atoms with Crippen molar-refractivity contribution in [2.24, 2.45) is 5.92 Å². The molecule has 6 rings (SSSR count). The molecule has 4 aromatic rings. The lowest BCUT2D eigenvalue weighted by Gasteiger charge is -2.32. The van der Waals surface area contributed by atoms with Crippen LogP contribution in [0.5, 0.6) is 17.2 Å². The summed E-state index contributed by atoms with van der Waals surface area (Å²) in [5, 5.41) is 3.00. The molecular weight excluding hydrogens is 480 g/mol. The summed E-state index contributed by atoms with van der Waals surface area (Å²) >= 11 is 0. The number of ether oxygens (including phenoxy) is 3. The van der Waals surface area contributed by atoms with Gasteiger partial charge >= 0.3 is 0 Å². The van der Waals surface area contributed by atoms with Gasteiger partial charge in [0.25, 0.3) is 0 Å². The van der Waals surface area contributed by atoms with Crippen LogP contribution in [0.4, 0.5) is 5.69 Å². The molecule has 0 bridgehead atoms. The topological polar surface area (TPSA) is 77.9 Å². The number of rotatable bonds is 8. The molecule has 1 N–H and O–H groups in total. The number of aromatic nitrogens is 2. The Hall–Kier alpha value is -4.04. The minimum Gasteiger partial charge on any atom is -0.486 e. The van der Waals surface area contributed by atoms with Crippen LogP contribution in [0.3, 0.4) is 0 Å². The minimum absolute atomic E-state index is 0.0129. The van der Waals surface area contributed by atoms with Crippen molar-refractivity contribution in [3.8, 4) is 17.2 Å². The van der Waals surface area contributed by atoms with Crippen molar-refractivity contribution in [3.63, 3.8) is 0 Å². The number of likely N-dealkylation sites (tertiary alicyclic amines) is 1. The third kappa shape index (κ3) is 5.60. The standard InChI is InChI=1S/C30H32N4O4/c35-30(31-23-10-11-27-28(18-23)37-17-16-36-27)20-33-14-12-22(13-15-33)19-34-26-9-5-4-8-25(26)32-29(34)21-38-24-6-2-1-3-7-24/h1-11,18,22H,12-17,19-21H2,(H,31,35). The van der Waals surface area contributed by atoms with E-state index in [9.17, 15) is 4.79 Å². The van der Waals surface area contributed by atoms with Gasteiger partial charge in [-0.2, -0.15) is 0 Å². The Bertz CT molecular complexity index is 1400. The van der Waals surface area contributed by atoms with Gasteiger partial charge in [-0.1, -0.05) is 30.3 Å². The Balaban J connectivity index is 1.04. The van der Waals surface area contributed by atoms with Gasteiger partial charge in [0.1, 0.15) is 31.4 Å². The van der Waals surface area contributed by atoms with Crippen molar-refractivity contribution < 1.29 is 19.0 Å². The van der Waals surface area contributed by atoms with Crippen LogP contribution in [0, 0.1) is 5.92 Å². The summed E-state index contributed by atoms with van der Waals surface area (Å²) in [6, 6.07) is 23.7. The highest BCUT2D eigenvalue weighted by molar-refractivity contribution is 5.92. The van der Waals surface area contributed by atoms with Crippen molar-refractivity contribution in [1.29, 1.82) is 0 Å². The summed E-state index contributed by atoms with van der Waals surface area (Å²) in [5.41, 5.74) is 2.86. The Morgan fingerprint density at radius 2 is 1.71 bits per heavy atom. The first-order chi connectivity index (χ1) is 18.7. The Kier molecular flexibility index (Phi) is 7.13. The molecule has 2 aliphatic heterocycles. The molecule has 38 heavy (non-hydrogen) atoms. The van der Waals surface area contributed by atoms with Crippen molar-refractivity contribution in [3.05, 3.63) is 78.6 Å². The number of fused-ring (bicyclic) bond motifs is 2. The van der Waals surface area contributed by atoms with E-state index < -0.39 is 0 Å². The maximum Gasteiger partial charge on any atom is 0.238 e. The smallest absolute Gasteiger partial charge is 0.238 e. The molecule has 2 aliphatic rings. The normalized spacial score (nSPS) is 15.9. The Labute approximate surface area is 222 Å². The number of amides is 1. The number of hydrogen-bond donors (Lipinski definition) is 1. The number of carbonyl (C=O) groups excluding carboxylic acids is 1. The van der Waals surface area contributed by atoms with E-state index in [-0.39, 0.29) is 5.91 Å². The van der Waals surface area contributed by atoms with Crippen LogP contribution < -0.4 is 19.5 Å². The second-order valence-corrected chi connectivity index (χ2v) is 9.86. The third-order valence-corrected chi connectivity index (χ3v) is 7.19. The Morgan fingerprint density at radius 1 is 0.947 bits per heavy atom. The number of piperidine rings is 1. The lowest BCUT2D eigenvalue weighted by atomic mass is 9.96. The molecule has 1 amide bonds. The molecule has 8 nitrogen and oxygen atoms in total. The monoisotopic (exact) mass is 512 g/mol. The number of carbonyl (C=O) groups is 1. The largest absolute Gasteiger partial charge is 0.486 e. The van der Waals surface area contributed by atoms with Crippen LogP contribution in [0.25, 0.3) is 11.0 Å². The van der Waals surface area contributed by atoms with Crippen molar-refractivity contribution in [2.45, 2.75) is 26.0 Å². The number of benzene rings is 3. The second kappa shape index (κ2) is 11.1. The average molecular weight is 513 g/mol. The van der Waals surface area contributed by atoms with Crippen LogP contribution in [-0.4, -0.2) is 53.2 Å². The number of imidazole rings is 1. The van der Waals surface area contributed by atoms with Crippen LogP contribution in [0.1, 0.15) is 18.7 Å². The van der Waals surface area contributed by atoms with Crippen LogP contribution in [0.15, 0.2) is 72.8 Å². The van der Waals surface area contributed by atoms with Gasteiger partial charge in [-0.3, -0.25) is 9.69 Å². The van der Waals surface area contributed by atoms with Crippen molar-refractivity contribution in [2.75, 3.05) is 38.2 Å². The van der Waals surface area contributed by atoms with E-state index in [1.54, 1.807) is 0 Å². The molecular formula is C30H32N4O4. The first kappa shape index (κ1) is 24.3. The highest BCUT2D eigenvalue weighted by Gasteiger charge is 2.23. The average Bonchev–Trinajstić information content (AvgIpc) is 3.30. The van der Waals surface area contributed by atoms with Crippen molar-refractivity contribution >= 4 is 22.6 Å². The summed E-state index contributed by atoms with van der Waals surface area (Å²) in [6.45, 7) is 4.56. The first-order valence-corrected chi connectivity index (χ1v) is 13.2. The minimum atomic E-state index is -0.0129. The summed E-state index contributed by atoms with van der Waals surface area (Å²) in [4.78, 5) is 19.8. The number of hydrogen-bond acceptors (Lipinski definition) is 6. The molecule has 8 heteroatoms. The fourth-order valence-electron chi connectivity index (χ4n) is 5.21. The number of nitrogens with zero attached hydrogens (tertiary/aromatic N) is 3. The molecule has 1 saturated heterocycles. The summed E-state index contributed by atoms with van der Waals surface area (Å²) in [5.74, 6) is 3.68. The van der Waals surface area contributed by atoms with E-state index in [4.69, 9.17) is 19.2 Å². The highest BCUT2D eigenvalue weighted by atomic mass is 16.6. The first-order valence-electron chi connectivity index (χ1n) is 13.2. The van der Waals surface area contributed by atoms with Gasteiger partial charge in [0.2, 0.25) is 5.91 Å². The lowest BCUT2D eigenvalue weighted by molar-refractivity contribution is -0.117. The van der Waals surface area contributed by atoms with Gasteiger partial charge in [0.05, 0.1) is 17.6 Å². The van der Waals surface area contributed by atoms with Gasteiger partial charge in [0, 0.05) is 18.3 Å². The van der Waals surface area contributed by atoms with Crippen molar-refractivity contribution in [1.82, 2.24) is 14.5 Å². The molecule has 0 spiro atoms. The second-order valence-electron chi connectivity index (χ2n) is 9.86. The lowest BCUT2D eigenvalue weighted by Crippen LogP contribution is -2.40. The van der Waals surface area contributed by atoms with Gasteiger partial charge in [-0.25, -0.2) is 4.98 Å². The zero-order valence-electron chi connectivity index (χ0n) is 21.3.